The Bertz CT molecular complexity index is 1080. The summed E-state index contributed by atoms with van der Waals surface area (Å²) < 4.78 is 41.5. The number of rotatable bonds is 5. The van der Waals surface area contributed by atoms with Crippen LogP contribution >= 0.6 is 0 Å². The molecule has 0 saturated carbocycles. The lowest BCUT2D eigenvalue weighted by Crippen LogP contribution is -2.11. The van der Waals surface area contributed by atoms with Crippen LogP contribution in [0.4, 0.5) is 18.9 Å². The number of fused-ring (bicyclic) bond motifs is 2. The third-order valence-electron chi connectivity index (χ3n) is 4.58. The van der Waals surface area contributed by atoms with Crippen LogP contribution in [0.1, 0.15) is 12.1 Å². The summed E-state index contributed by atoms with van der Waals surface area (Å²) in [5.74, 6) is 0. The van der Waals surface area contributed by atoms with Crippen molar-refractivity contribution in [2.45, 2.75) is 19.1 Å². The number of aromatic nitrogens is 2. The smallest absolute Gasteiger partial charge is 0.384 e. The highest BCUT2D eigenvalue weighted by molar-refractivity contribution is 5.91. The van der Waals surface area contributed by atoms with E-state index in [4.69, 9.17) is 0 Å². The minimum absolute atomic E-state index is 0.339. The lowest BCUT2D eigenvalue weighted by molar-refractivity contribution is -0.140. The van der Waals surface area contributed by atoms with Crippen molar-refractivity contribution in [1.82, 2.24) is 9.55 Å². The Kier molecular flexibility index (Phi) is 4.48. The summed E-state index contributed by atoms with van der Waals surface area (Å²) >= 11 is 0. The van der Waals surface area contributed by atoms with Crippen LogP contribution in [0, 0.1) is 0 Å². The summed E-state index contributed by atoms with van der Waals surface area (Å²) in [5, 5.41) is 5.03. The van der Waals surface area contributed by atoms with E-state index in [1.807, 2.05) is 18.3 Å². The van der Waals surface area contributed by atoms with Crippen molar-refractivity contribution in [3.63, 3.8) is 0 Å². The summed E-state index contributed by atoms with van der Waals surface area (Å²) in [4.78, 5) is 3.74. The van der Waals surface area contributed by atoms with E-state index >= 15 is 0 Å². The molecule has 0 atom stereocenters. The Labute approximate surface area is 154 Å². The number of halogens is 3. The Morgan fingerprint density at radius 1 is 0.963 bits per heavy atom. The molecule has 0 radical (unpaired) electrons. The number of nitrogens with zero attached hydrogens (tertiary/aromatic N) is 2. The van der Waals surface area contributed by atoms with E-state index in [2.05, 4.69) is 33.1 Å². The van der Waals surface area contributed by atoms with Gasteiger partial charge in [0.25, 0.3) is 0 Å². The van der Waals surface area contributed by atoms with Gasteiger partial charge in [-0.1, -0.05) is 36.4 Å². The molecule has 0 saturated heterocycles. The highest BCUT2D eigenvalue weighted by Crippen LogP contribution is 2.33. The third-order valence-corrected chi connectivity index (χ3v) is 4.58. The predicted octanol–water partition coefficient (Wildman–Crippen LogP) is 5.71. The van der Waals surface area contributed by atoms with Gasteiger partial charge < -0.3 is 9.88 Å². The fourth-order valence-electron chi connectivity index (χ4n) is 3.27. The van der Waals surface area contributed by atoms with E-state index < -0.39 is 11.9 Å². The molecule has 0 aliphatic carbocycles. The van der Waals surface area contributed by atoms with E-state index in [1.165, 1.54) is 5.39 Å². The highest BCUT2D eigenvalue weighted by Gasteiger charge is 2.33. The molecular weight excluding hydrogens is 351 g/mol. The van der Waals surface area contributed by atoms with E-state index in [0.717, 1.165) is 24.5 Å². The first-order chi connectivity index (χ1) is 13.0. The first-order valence-corrected chi connectivity index (χ1v) is 8.77. The standard InChI is InChI=1S/C21H18F3N3/c22-21(23,24)20-14-18(16-7-2-3-8-17(16)26-20)25-11-5-12-27-13-10-15-6-1-4-9-19(15)27/h1-4,6-10,13-14H,5,11-12H2,(H,25,26). The second kappa shape index (κ2) is 6.95. The molecule has 0 aliphatic heterocycles. The van der Waals surface area contributed by atoms with Crippen LogP contribution in [0.15, 0.2) is 66.9 Å². The Morgan fingerprint density at radius 3 is 2.59 bits per heavy atom. The molecule has 1 N–H and O–H groups in total. The molecule has 0 unspecified atom stereocenters. The van der Waals surface area contributed by atoms with Crippen molar-refractivity contribution in [1.29, 1.82) is 0 Å². The maximum absolute atomic E-state index is 13.1. The van der Waals surface area contributed by atoms with Crippen LogP contribution in [-0.4, -0.2) is 16.1 Å². The molecule has 2 heterocycles. The lowest BCUT2D eigenvalue weighted by Gasteiger charge is -2.14. The monoisotopic (exact) mass is 369 g/mol. The molecule has 3 nitrogen and oxygen atoms in total. The zero-order valence-electron chi connectivity index (χ0n) is 14.5. The average molecular weight is 369 g/mol. The largest absolute Gasteiger partial charge is 0.433 e. The van der Waals surface area contributed by atoms with Crippen LogP contribution in [0.3, 0.4) is 0 Å². The summed E-state index contributed by atoms with van der Waals surface area (Å²) in [7, 11) is 0. The Morgan fingerprint density at radius 2 is 1.74 bits per heavy atom. The number of aryl methyl sites for hydroxylation is 1. The van der Waals surface area contributed by atoms with E-state index in [1.54, 1.807) is 24.3 Å². The first kappa shape index (κ1) is 17.4. The van der Waals surface area contributed by atoms with Gasteiger partial charge in [-0.05, 0) is 36.1 Å². The number of nitrogens with one attached hydrogen (secondary N) is 1. The molecule has 2 aromatic carbocycles. The number of anilines is 1. The van der Waals surface area contributed by atoms with Gasteiger partial charge in [0.1, 0.15) is 5.69 Å². The predicted molar refractivity (Wildman–Crippen MR) is 102 cm³/mol. The van der Waals surface area contributed by atoms with Crippen molar-refractivity contribution in [2.24, 2.45) is 0 Å². The van der Waals surface area contributed by atoms with Crippen LogP contribution in [0.5, 0.6) is 0 Å². The molecule has 0 bridgehead atoms. The molecule has 0 amide bonds. The van der Waals surface area contributed by atoms with Crippen LogP contribution in [0.2, 0.25) is 0 Å². The quantitative estimate of drug-likeness (QED) is 0.457. The fraction of sp³-hybridized carbons (Fsp3) is 0.190. The average Bonchev–Trinajstić information content (AvgIpc) is 3.07. The molecule has 0 aliphatic rings. The number of benzene rings is 2. The van der Waals surface area contributed by atoms with Gasteiger partial charge in [0.2, 0.25) is 0 Å². The number of hydrogen-bond acceptors (Lipinski definition) is 2. The molecule has 0 fully saturated rings. The van der Waals surface area contributed by atoms with E-state index in [-0.39, 0.29) is 0 Å². The zero-order chi connectivity index (χ0) is 18.9. The molecule has 2 aromatic heterocycles. The van der Waals surface area contributed by atoms with Gasteiger partial charge in [-0.15, -0.1) is 0 Å². The molecule has 6 heteroatoms. The van der Waals surface area contributed by atoms with Crippen LogP contribution in [0.25, 0.3) is 21.8 Å². The second-order valence-corrected chi connectivity index (χ2v) is 6.42. The van der Waals surface area contributed by atoms with Gasteiger partial charge in [-0.25, -0.2) is 4.98 Å². The second-order valence-electron chi connectivity index (χ2n) is 6.42. The maximum Gasteiger partial charge on any atom is 0.433 e. The Hall–Kier alpha value is -3.02. The summed E-state index contributed by atoms with van der Waals surface area (Å²) in [6.45, 7) is 1.35. The summed E-state index contributed by atoms with van der Waals surface area (Å²) in [6.07, 6.45) is -1.64. The van der Waals surface area contributed by atoms with Crippen LogP contribution < -0.4 is 5.32 Å². The number of hydrogen-bond donors (Lipinski definition) is 1. The molecule has 27 heavy (non-hydrogen) atoms. The van der Waals surface area contributed by atoms with Crippen molar-refractivity contribution >= 4 is 27.5 Å². The normalized spacial score (nSPS) is 12.0. The van der Waals surface area contributed by atoms with Gasteiger partial charge in [0.05, 0.1) is 5.52 Å². The highest BCUT2D eigenvalue weighted by atomic mass is 19.4. The molecule has 4 rings (SSSR count). The summed E-state index contributed by atoms with van der Waals surface area (Å²) in [5.41, 5.74) is 1.09. The SMILES string of the molecule is FC(F)(F)c1cc(NCCCn2ccc3ccccc32)c2ccccc2n1. The number of pyridine rings is 1. The maximum atomic E-state index is 13.1. The zero-order valence-corrected chi connectivity index (χ0v) is 14.5. The third kappa shape index (κ3) is 3.60. The fourth-order valence-corrected chi connectivity index (χ4v) is 3.27. The van der Waals surface area contributed by atoms with Gasteiger partial charge >= 0.3 is 6.18 Å². The van der Waals surface area contributed by atoms with Gasteiger partial charge in [-0.2, -0.15) is 13.2 Å². The van der Waals surface area contributed by atoms with Crippen molar-refractivity contribution in [3.05, 3.63) is 72.6 Å². The van der Waals surface area contributed by atoms with Crippen molar-refractivity contribution < 1.29 is 13.2 Å². The number of alkyl halides is 3. The molecule has 0 spiro atoms. The molecule has 4 aromatic rings. The topological polar surface area (TPSA) is 29.9 Å². The minimum Gasteiger partial charge on any atom is -0.384 e. The van der Waals surface area contributed by atoms with E-state index in [9.17, 15) is 13.2 Å². The summed E-state index contributed by atoms with van der Waals surface area (Å²) in [6, 6.07) is 18.2. The first-order valence-electron chi connectivity index (χ1n) is 8.77. The molecule has 138 valence electrons. The van der Waals surface area contributed by atoms with E-state index in [0.29, 0.717) is 23.1 Å². The molecular formula is C21H18F3N3. The number of para-hydroxylation sites is 2. The van der Waals surface area contributed by atoms with Crippen molar-refractivity contribution in [3.8, 4) is 0 Å². The minimum atomic E-state index is -4.47. The Balaban J connectivity index is 1.50. The van der Waals surface area contributed by atoms with Gasteiger partial charge in [-0.3, -0.25) is 0 Å². The van der Waals surface area contributed by atoms with Crippen molar-refractivity contribution in [2.75, 3.05) is 11.9 Å². The van der Waals surface area contributed by atoms with Gasteiger partial charge in [0.15, 0.2) is 0 Å². The van der Waals surface area contributed by atoms with Crippen LogP contribution in [-0.2, 0) is 12.7 Å². The van der Waals surface area contributed by atoms with Gasteiger partial charge in [0, 0.05) is 35.9 Å². The lowest BCUT2D eigenvalue weighted by atomic mass is 10.1.